The van der Waals surface area contributed by atoms with Gasteiger partial charge in [-0.3, -0.25) is 4.57 Å². The molecule has 0 unspecified atom stereocenters. The molecular formula is C23H25N7O3. The minimum Gasteiger partial charge on any atom is -0.388 e. The van der Waals surface area contributed by atoms with E-state index in [2.05, 4.69) is 26.3 Å². The summed E-state index contributed by atoms with van der Waals surface area (Å²) < 4.78 is 7.67. The highest BCUT2D eigenvalue weighted by Crippen LogP contribution is 2.38. The Kier molecular flexibility index (Phi) is 4.72. The van der Waals surface area contributed by atoms with E-state index in [4.69, 9.17) is 9.72 Å². The van der Waals surface area contributed by atoms with E-state index in [1.165, 1.54) is 11.9 Å². The standard InChI is InChI=1S/C23H25N7O3/c1-12-18(31)19(32)22(33-12)30-21-17(28-23(30)27-16-4-5-16)20(25-11-26-21)29-7-6-14-3-2-13(9-24)8-15(14)10-29/h2-3,8,11-12,16,18-19,22,31-32H,4-7,10H2,1H3,(H,27,28)/t12-,18-,19-,22-/m1/s1. The molecule has 1 aromatic carbocycles. The quantitative estimate of drug-likeness (QED) is 0.544. The van der Waals surface area contributed by atoms with Gasteiger partial charge in [0.15, 0.2) is 23.2 Å². The van der Waals surface area contributed by atoms with Gasteiger partial charge in [0, 0.05) is 19.1 Å². The van der Waals surface area contributed by atoms with Crippen LogP contribution in [0, 0.1) is 11.3 Å². The lowest BCUT2D eigenvalue weighted by Gasteiger charge is -2.29. The van der Waals surface area contributed by atoms with Gasteiger partial charge in [-0.25, -0.2) is 15.0 Å². The lowest BCUT2D eigenvalue weighted by atomic mass is 9.97. The van der Waals surface area contributed by atoms with Crippen molar-refractivity contribution in [3.05, 3.63) is 41.2 Å². The first kappa shape index (κ1) is 20.4. The zero-order valence-corrected chi connectivity index (χ0v) is 18.2. The maximum Gasteiger partial charge on any atom is 0.207 e. The van der Waals surface area contributed by atoms with Crippen molar-refractivity contribution in [1.29, 1.82) is 5.26 Å². The first-order chi connectivity index (χ1) is 16.0. The molecule has 1 saturated carbocycles. The van der Waals surface area contributed by atoms with Gasteiger partial charge in [0.25, 0.3) is 0 Å². The van der Waals surface area contributed by atoms with Crippen LogP contribution >= 0.6 is 0 Å². The third-order valence-corrected chi connectivity index (χ3v) is 6.75. The van der Waals surface area contributed by atoms with Crippen LogP contribution in [0.4, 0.5) is 11.8 Å². The number of hydrogen-bond donors (Lipinski definition) is 3. The average Bonchev–Trinajstić information content (AvgIpc) is 3.53. The van der Waals surface area contributed by atoms with Crippen molar-refractivity contribution in [2.45, 2.75) is 63.3 Å². The number of imidazole rings is 1. The molecule has 0 bridgehead atoms. The molecule has 0 amide bonds. The topological polar surface area (TPSA) is 132 Å². The van der Waals surface area contributed by atoms with Crippen molar-refractivity contribution in [1.82, 2.24) is 19.5 Å². The van der Waals surface area contributed by atoms with Crippen LogP contribution in [0.1, 0.15) is 42.7 Å². The van der Waals surface area contributed by atoms with Crippen LogP contribution < -0.4 is 10.2 Å². The Morgan fingerprint density at radius 3 is 2.76 bits per heavy atom. The zero-order valence-electron chi connectivity index (χ0n) is 18.2. The van der Waals surface area contributed by atoms with Crippen molar-refractivity contribution < 1.29 is 14.9 Å². The lowest BCUT2D eigenvalue weighted by molar-refractivity contribution is -0.0287. The van der Waals surface area contributed by atoms with Gasteiger partial charge in [0.2, 0.25) is 5.95 Å². The van der Waals surface area contributed by atoms with E-state index in [1.807, 2.05) is 18.2 Å². The molecule has 2 aliphatic heterocycles. The highest BCUT2D eigenvalue weighted by atomic mass is 16.6. The summed E-state index contributed by atoms with van der Waals surface area (Å²) in [5.74, 6) is 1.26. The normalized spacial score (nSPS) is 26.9. The number of anilines is 2. The summed E-state index contributed by atoms with van der Waals surface area (Å²) in [6, 6.07) is 8.36. The Morgan fingerprint density at radius 2 is 2.03 bits per heavy atom. The number of nitriles is 1. The number of nitrogens with zero attached hydrogens (tertiary/aromatic N) is 6. The number of benzene rings is 1. The maximum atomic E-state index is 10.7. The van der Waals surface area contributed by atoms with Crippen LogP contribution in [0.25, 0.3) is 11.2 Å². The summed E-state index contributed by atoms with van der Waals surface area (Å²) in [6.07, 6.45) is 1.05. The van der Waals surface area contributed by atoms with E-state index < -0.39 is 24.5 Å². The van der Waals surface area contributed by atoms with E-state index in [-0.39, 0.29) is 0 Å². The molecule has 4 atom stereocenters. The maximum absolute atomic E-state index is 10.7. The van der Waals surface area contributed by atoms with Gasteiger partial charge in [-0.15, -0.1) is 0 Å². The summed E-state index contributed by atoms with van der Waals surface area (Å²) in [5.41, 5.74) is 4.15. The number of fused-ring (bicyclic) bond motifs is 2. The van der Waals surface area contributed by atoms with Crippen molar-refractivity contribution in [2.75, 3.05) is 16.8 Å². The van der Waals surface area contributed by atoms with Crippen LogP contribution in [0.5, 0.6) is 0 Å². The monoisotopic (exact) mass is 447 g/mol. The Hall–Kier alpha value is -3.26. The first-order valence-electron chi connectivity index (χ1n) is 11.3. The van der Waals surface area contributed by atoms with Gasteiger partial charge in [-0.1, -0.05) is 6.07 Å². The van der Waals surface area contributed by atoms with Gasteiger partial charge >= 0.3 is 0 Å². The van der Waals surface area contributed by atoms with Crippen LogP contribution in [-0.2, 0) is 17.7 Å². The van der Waals surface area contributed by atoms with Gasteiger partial charge in [0.05, 0.1) is 17.7 Å². The fourth-order valence-corrected chi connectivity index (χ4v) is 4.73. The molecular weight excluding hydrogens is 422 g/mol. The number of aromatic nitrogens is 4. The van der Waals surface area contributed by atoms with Crippen molar-refractivity contribution >= 4 is 22.9 Å². The Morgan fingerprint density at radius 1 is 1.18 bits per heavy atom. The molecule has 10 heteroatoms. The minimum atomic E-state index is -1.10. The largest absolute Gasteiger partial charge is 0.388 e. The fourth-order valence-electron chi connectivity index (χ4n) is 4.73. The summed E-state index contributed by atoms with van der Waals surface area (Å²) in [5, 5.41) is 33.7. The molecule has 3 aromatic rings. The zero-order chi connectivity index (χ0) is 22.7. The fraction of sp³-hybridized carbons (Fsp3) is 0.478. The predicted octanol–water partition coefficient (Wildman–Crippen LogP) is 1.47. The molecule has 33 heavy (non-hydrogen) atoms. The van der Waals surface area contributed by atoms with Gasteiger partial charge < -0.3 is 25.2 Å². The number of nitrogens with one attached hydrogen (secondary N) is 1. The van der Waals surface area contributed by atoms with E-state index in [0.29, 0.717) is 41.1 Å². The molecule has 1 aliphatic carbocycles. The van der Waals surface area contributed by atoms with Gasteiger partial charge in [0.1, 0.15) is 18.5 Å². The number of aliphatic hydroxyl groups excluding tert-OH is 2. The van der Waals surface area contributed by atoms with E-state index in [0.717, 1.165) is 31.4 Å². The van der Waals surface area contributed by atoms with E-state index in [9.17, 15) is 15.5 Å². The second-order valence-corrected chi connectivity index (χ2v) is 9.07. The number of rotatable bonds is 4. The molecule has 3 aliphatic rings. The number of ether oxygens (including phenoxy) is 1. The second kappa shape index (κ2) is 7.66. The van der Waals surface area contributed by atoms with Crippen LogP contribution in [-0.4, -0.2) is 60.6 Å². The molecule has 3 N–H and O–H groups in total. The van der Waals surface area contributed by atoms with Crippen molar-refractivity contribution in [3.63, 3.8) is 0 Å². The predicted molar refractivity (Wildman–Crippen MR) is 119 cm³/mol. The average molecular weight is 447 g/mol. The smallest absolute Gasteiger partial charge is 0.207 e. The third kappa shape index (κ3) is 3.40. The third-order valence-electron chi connectivity index (χ3n) is 6.75. The van der Waals surface area contributed by atoms with Crippen molar-refractivity contribution in [3.8, 4) is 6.07 Å². The summed E-state index contributed by atoms with van der Waals surface area (Å²) in [7, 11) is 0. The van der Waals surface area contributed by atoms with Gasteiger partial charge in [-0.2, -0.15) is 5.26 Å². The molecule has 0 radical (unpaired) electrons. The van der Waals surface area contributed by atoms with Crippen LogP contribution in [0.15, 0.2) is 24.5 Å². The SMILES string of the molecule is C[C@H]1O[C@@H](n2c(NC3CC3)nc3c(N4CCc5ccc(C#N)cc5C4)ncnc32)[C@H](O)[C@@H]1O. The molecule has 0 spiro atoms. The molecule has 10 nitrogen and oxygen atoms in total. The van der Waals surface area contributed by atoms with E-state index in [1.54, 1.807) is 11.5 Å². The minimum absolute atomic E-state index is 0.323. The molecule has 2 fully saturated rings. The Labute approximate surface area is 190 Å². The summed E-state index contributed by atoms with van der Waals surface area (Å²) in [6.45, 7) is 3.12. The highest BCUT2D eigenvalue weighted by molar-refractivity contribution is 5.86. The lowest BCUT2D eigenvalue weighted by Crippen LogP contribution is -2.31. The Bertz CT molecular complexity index is 1260. The highest BCUT2D eigenvalue weighted by Gasteiger charge is 2.44. The molecule has 170 valence electrons. The molecule has 1 saturated heterocycles. The first-order valence-corrected chi connectivity index (χ1v) is 11.3. The van der Waals surface area contributed by atoms with Crippen LogP contribution in [0.3, 0.4) is 0 Å². The Balaban J connectivity index is 1.43. The van der Waals surface area contributed by atoms with Crippen LogP contribution in [0.2, 0.25) is 0 Å². The number of aliphatic hydroxyl groups is 2. The molecule has 4 heterocycles. The number of hydrogen-bond acceptors (Lipinski definition) is 9. The molecule has 6 rings (SSSR count). The second-order valence-electron chi connectivity index (χ2n) is 9.07. The van der Waals surface area contributed by atoms with E-state index >= 15 is 0 Å². The summed E-state index contributed by atoms with van der Waals surface area (Å²) in [4.78, 5) is 16.1. The summed E-state index contributed by atoms with van der Waals surface area (Å²) >= 11 is 0. The van der Waals surface area contributed by atoms with Gasteiger partial charge in [-0.05, 0) is 49.4 Å². The molecule has 2 aromatic heterocycles. The van der Waals surface area contributed by atoms with Crippen molar-refractivity contribution in [2.24, 2.45) is 0 Å².